The quantitative estimate of drug-likeness (QED) is 0.343. The third-order valence-electron chi connectivity index (χ3n) is 6.62. The minimum atomic E-state index is -1.22. The second-order valence-electron chi connectivity index (χ2n) is 9.17. The van der Waals surface area contributed by atoms with Crippen LogP contribution in [0.3, 0.4) is 0 Å². The van der Waals surface area contributed by atoms with E-state index in [1.54, 1.807) is 38.2 Å². The van der Waals surface area contributed by atoms with Crippen molar-refractivity contribution in [2.24, 2.45) is 26.2 Å². The Bertz CT molecular complexity index is 1970. The van der Waals surface area contributed by atoms with Crippen molar-refractivity contribution in [1.82, 2.24) is 18.7 Å². The number of aromatic nitrogens is 4. The second-order valence-corrected chi connectivity index (χ2v) is 9.58. The fourth-order valence-electron chi connectivity index (χ4n) is 4.38. The number of hydrazone groups is 1. The molecule has 3 heterocycles. The van der Waals surface area contributed by atoms with Crippen molar-refractivity contribution in [3.8, 4) is 17.5 Å². The van der Waals surface area contributed by atoms with E-state index in [0.29, 0.717) is 22.6 Å². The van der Waals surface area contributed by atoms with Crippen LogP contribution in [0.2, 0.25) is 5.02 Å². The van der Waals surface area contributed by atoms with Crippen LogP contribution < -0.4 is 25.7 Å². The van der Waals surface area contributed by atoms with Gasteiger partial charge in [0, 0.05) is 21.1 Å². The van der Waals surface area contributed by atoms with Gasteiger partial charge in [-0.3, -0.25) is 23.3 Å². The molecular formula is C27H23ClN6O7. The number of amides is 1. The number of nitrogens with zero attached hydrogens (tertiary/aromatic N) is 6. The summed E-state index contributed by atoms with van der Waals surface area (Å²) in [5.74, 6) is -1.08. The van der Waals surface area contributed by atoms with Gasteiger partial charge in [-0.2, -0.15) is 15.1 Å². The predicted octanol–water partition coefficient (Wildman–Crippen LogP) is 2.93. The van der Waals surface area contributed by atoms with Gasteiger partial charge in [-0.05, 0) is 48.9 Å². The zero-order chi connectivity index (χ0) is 29.7. The maximum atomic E-state index is 13.2. The highest BCUT2D eigenvalue weighted by Gasteiger charge is 2.30. The fourth-order valence-corrected chi connectivity index (χ4v) is 4.58. The number of hydrogen-bond donors (Lipinski definition) is 1. The number of hydrogen-bond acceptors (Lipinski definition) is 8. The van der Waals surface area contributed by atoms with Crippen LogP contribution in [0.4, 0.5) is 5.69 Å². The van der Waals surface area contributed by atoms with Crippen molar-refractivity contribution >= 4 is 52.1 Å². The molecule has 1 amide bonds. The summed E-state index contributed by atoms with van der Waals surface area (Å²) in [4.78, 5) is 54.0. The highest BCUT2D eigenvalue weighted by Crippen LogP contribution is 2.34. The lowest BCUT2D eigenvalue weighted by molar-refractivity contribution is -0.114. The Kier molecular flexibility index (Phi) is 6.75. The Labute approximate surface area is 236 Å². The monoisotopic (exact) mass is 578 g/mol. The molecule has 0 aliphatic carbocycles. The number of carbonyl (C=O) groups excluding carboxylic acids is 1. The lowest BCUT2D eigenvalue weighted by Crippen LogP contribution is -2.37. The van der Waals surface area contributed by atoms with Crippen LogP contribution in [0, 0.1) is 0 Å². The highest BCUT2D eigenvalue weighted by atomic mass is 35.5. The molecule has 41 heavy (non-hydrogen) atoms. The molecule has 1 aliphatic heterocycles. The van der Waals surface area contributed by atoms with E-state index in [4.69, 9.17) is 21.1 Å². The number of halogens is 1. The van der Waals surface area contributed by atoms with Gasteiger partial charge in [-0.25, -0.2) is 9.59 Å². The van der Waals surface area contributed by atoms with Crippen LogP contribution in [-0.4, -0.2) is 48.5 Å². The van der Waals surface area contributed by atoms with Gasteiger partial charge in [0.2, 0.25) is 0 Å². The van der Waals surface area contributed by atoms with Crippen LogP contribution in [0.1, 0.15) is 22.8 Å². The largest absolute Gasteiger partial charge is 0.493 e. The number of rotatable bonds is 6. The van der Waals surface area contributed by atoms with Crippen LogP contribution in [0.15, 0.2) is 56.7 Å². The number of ether oxygens (including phenoxy) is 2. The number of carbonyl (C=O) groups is 2. The molecule has 0 atom stereocenters. The molecule has 0 saturated heterocycles. The van der Waals surface area contributed by atoms with Crippen molar-refractivity contribution in [3.63, 3.8) is 0 Å². The van der Waals surface area contributed by atoms with Crippen molar-refractivity contribution in [1.29, 1.82) is 0 Å². The summed E-state index contributed by atoms with van der Waals surface area (Å²) in [6.07, 6.45) is 1.62. The summed E-state index contributed by atoms with van der Waals surface area (Å²) in [6, 6.07) is 9.21. The molecule has 1 N–H and O–H groups in total. The zero-order valence-corrected chi connectivity index (χ0v) is 23.3. The van der Waals surface area contributed by atoms with Crippen LogP contribution in [-0.2, 0) is 25.9 Å². The molecule has 2 aromatic carbocycles. The minimum Gasteiger partial charge on any atom is -0.493 e. The standard InChI is InChI=1S/C27H23ClN6O7/c1-13-16(23(35)34(30-13)15-7-8-18(28)17(12-15)25(37)38)10-14-6-9-19(20(11-14)40-5)41-26-29-22-21(31(26)2)24(36)33(4)27(39)32(22)3/h6-12H,1-5H3,(H,37,38)/b16-10+. The van der Waals surface area contributed by atoms with E-state index in [1.165, 1.54) is 48.5 Å². The summed E-state index contributed by atoms with van der Waals surface area (Å²) in [6.45, 7) is 1.66. The van der Waals surface area contributed by atoms with E-state index in [-0.39, 0.29) is 39.2 Å². The van der Waals surface area contributed by atoms with Gasteiger partial charge in [0.15, 0.2) is 22.7 Å². The van der Waals surface area contributed by atoms with E-state index in [2.05, 4.69) is 10.1 Å². The number of carboxylic acid groups (broad SMARTS) is 1. The molecule has 0 spiro atoms. The van der Waals surface area contributed by atoms with E-state index < -0.39 is 23.1 Å². The van der Waals surface area contributed by atoms with Crippen LogP contribution in [0.5, 0.6) is 17.5 Å². The molecule has 0 unspecified atom stereocenters. The maximum Gasteiger partial charge on any atom is 0.337 e. The van der Waals surface area contributed by atoms with Crippen molar-refractivity contribution in [2.45, 2.75) is 6.92 Å². The third-order valence-corrected chi connectivity index (χ3v) is 6.95. The molecular weight excluding hydrogens is 556 g/mol. The minimum absolute atomic E-state index is 0.0453. The average molecular weight is 579 g/mol. The van der Waals surface area contributed by atoms with Crippen molar-refractivity contribution in [2.75, 3.05) is 12.1 Å². The molecule has 0 bridgehead atoms. The van der Waals surface area contributed by atoms with Crippen molar-refractivity contribution < 1.29 is 24.2 Å². The van der Waals surface area contributed by atoms with Gasteiger partial charge in [-0.15, -0.1) is 0 Å². The summed E-state index contributed by atoms with van der Waals surface area (Å²) >= 11 is 5.96. The van der Waals surface area contributed by atoms with E-state index >= 15 is 0 Å². The lowest BCUT2D eigenvalue weighted by atomic mass is 10.1. The first-order valence-corrected chi connectivity index (χ1v) is 12.4. The molecule has 14 heteroatoms. The first kappa shape index (κ1) is 27.4. The van der Waals surface area contributed by atoms with E-state index in [9.17, 15) is 24.3 Å². The first-order valence-electron chi connectivity index (χ1n) is 12.1. The van der Waals surface area contributed by atoms with Gasteiger partial charge in [0.1, 0.15) is 0 Å². The Balaban J connectivity index is 1.47. The summed E-state index contributed by atoms with van der Waals surface area (Å²) < 4.78 is 15.2. The Morgan fingerprint density at radius 3 is 2.41 bits per heavy atom. The maximum absolute atomic E-state index is 13.2. The molecule has 0 radical (unpaired) electrons. The predicted molar refractivity (Wildman–Crippen MR) is 151 cm³/mol. The average Bonchev–Trinajstić information content (AvgIpc) is 3.42. The molecule has 13 nitrogen and oxygen atoms in total. The summed E-state index contributed by atoms with van der Waals surface area (Å²) in [5.41, 5.74) is 0.768. The zero-order valence-electron chi connectivity index (χ0n) is 22.5. The Morgan fingerprint density at radius 2 is 1.73 bits per heavy atom. The van der Waals surface area contributed by atoms with Crippen LogP contribution >= 0.6 is 11.6 Å². The summed E-state index contributed by atoms with van der Waals surface area (Å²) in [5, 5.41) is 14.8. The number of carboxylic acids is 1. The molecule has 2 aromatic heterocycles. The molecule has 4 aromatic rings. The Hall–Kier alpha value is -5.17. The molecule has 0 fully saturated rings. The normalized spacial score (nSPS) is 14.2. The van der Waals surface area contributed by atoms with Crippen molar-refractivity contribution in [3.05, 3.63) is 79.0 Å². The second kappa shape index (κ2) is 10.1. The van der Waals surface area contributed by atoms with Gasteiger partial charge in [0.05, 0.1) is 34.7 Å². The SMILES string of the molecule is COc1cc(/C=C2/C(=O)N(c3ccc(Cl)c(C(=O)O)c3)N=C2C)ccc1Oc1nc2c(c(=O)n(C)c(=O)n2C)n1C. The molecule has 210 valence electrons. The molecule has 0 saturated carbocycles. The molecule has 5 rings (SSSR count). The van der Waals surface area contributed by atoms with Crippen LogP contribution in [0.25, 0.3) is 17.2 Å². The summed E-state index contributed by atoms with van der Waals surface area (Å²) in [7, 11) is 5.95. The number of benzene rings is 2. The van der Waals surface area contributed by atoms with Gasteiger partial charge in [-0.1, -0.05) is 17.7 Å². The Morgan fingerprint density at radius 1 is 1.00 bits per heavy atom. The number of methoxy groups -OCH3 is 1. The number of imidazole rings is 1. The topological polar surface area (TPSA) is 150 Å². The smallest absolute Gasteiger partial charge is 0.337 e. The van der Waals surface area contributed by atoms with Gasteiger partial charge in [0.25, 0.3) is 11.5 Å². The van der Waals surface area contributed by atoms with Gasteiger partial charge < -0.3 is 14.6 Å². The highest BCUT2D eigenvalue weighted by molar-refractivity contribution is 6.34. The lowest BCUT2D eigenvalue weighted by Gasteiger charge is -2.13. The first-order chi connectivity index (χ1) is 19.4. The number of aromatic carboxylic acids is 1. The number of anilines is 1. The van der Waals surface area contributed by atoms with E-state index in [1.807, 2.05) is 0 Å². The number of aryl methyl sites for hydroxylation is 2. The third kappa shape index (κ3) is 4.55. The van der Waals surface area contributed by atoms with Gasteiger partial charge >= 0.3 is 17.7 Å². The fraction of sp³-hybridized carbons (Fsp3) is 0.185. The number of fused-ring (bicyclic) bond motifs is 1. The molecule has 1 aliphatic rings. The van der Waals surface area contributed by atoms with E-state index in [0.717, 1.165) is 9.58 Å².